The van der Waals surface area contributed by atoms with Gasteiger partial charge < -0.3 is 68.5 Å². The zero-order valence-electron chi connectivity index (χ0n) is 57.9. The number of H-pyrrole nitrogens is 1. The highest BCUT2D eigenvalue weighted by molar-refractivity contribution is 6.78. The molecule has 0 saturated heterocycles. The third kappa shape index (κ3) is 25.0. The van der Waals surface area contributed by atoms with E-state index in [-0.39, 0.29) is 79.2 Å². The third-order valence-electron chi connectivity index (χ3n) is 17.3. The highest BCUT2D eigenvalue weighted by atomic mass is 28.3. The van der Waals surface area contributed by atoms with Gasteiger partial charge in [0.25, 0.3) is 0 Å². The molecule has 1 fully saturated rings. The van der Waals surface area contributed by atoms with Gasteiger partial charge in [0.1, 0.15) is 36.3 Å². The number of nitrogens with two attached hydrogens (primary N) is 2. The number of primary amides is 2. The number of hydrogen-bond acceptors (Lipinski definition) is 12. The molecule has 2 heterocycles. The molecule has 25 nitrogen and oxygen atoms in total. The number of likely N-dealkylation sites (N-methyl/N-ethyl adjacent to an activating group) is 1. The lowest BCUT2D eigenvalue weighted by atomic mass is 9.94. The van der Waals surface area contributed by atoms with Crippen LogP contribution < -0.4 is 59.2 Å². The number of benzene rings is 2. The van der Waals surface area contributed by atoms with Crippen molar-refractivity contribution in [1.82, 2.24) is 62.0 Å². The van der Waals surface area contributed by atoms with Crippen LogP contribution in [-0.2, 0) is 79.1 Å². The summed E-state index contributed by atoms with van der Waals surface area (Å²) in [5, 5.41) is 24.7. The summed E-state index contributed by atoms with van der Waals surface area (Å²) in [4.78, 5) is 157. The number of rotatable bonds is 38. The van der Waals surface area contributed by atoms with Crippen molar-refractivity contribution < 1.29 is 52.7 Å². The maximum absolute atomic E-state index is 14.4. The Bertz CT molecular complexity index is 3280. The summed E-state index contributed by atoms with van der Waals surface area (Å²) in [7, 11) is 2.17. The monoisotopic (exact) mass is 1330 g/mol. The Morgan fingerprint density at radius 2 is 1.29 bits per heavy atom. The number of nitrogens with zero attached hydrogens (tertiary/aromatic N) is 3. The van der Waals surface area contributed by atoms with Gasteiger partial charge >= 0.3 is 0 Å². The topological polar surface area (TPSA) is 373 Å². The Morgan fingerprint density at radius 1 is 0.684 bits per heavy atom. The summed E-state index contributed by atoms with van der Waals surface area (Å²) in [6.07, 6.45) is 8.62. The second kappa shape index (κ2) is 35.9. The standard InChI is InChI=1S/C69H105N14O11Si/c1-14-42(4)50(29-31-58(86)77-53(62(71)89)33-44-22-23-44)79-66(93)55(36-47-38-72-40-83(47)13)78-60(88)39-82(12)67(94)61(41(2)3)81-63(90)43(5)75-65(92)54(35-46-37-74-51-20-16-15-19-49(46)51)80-64(91)52(28-30-56(70)84)76-57(85)21-17-18-32-73-59(87)34-45-24-26-48(27-25-45)95(68(6,7)8)69(9,10)11/h15-16,19-20,24-27,37-38,40-44,50,52-55,61,74H,14,17-18,21-23,28-36,39H2,1-13H3,(H2,70,84)(H2,71,89)(H,73,87)(H,75,92)(H,76,85)(H,77,86)(H,78,88)(H,79,93)(H,80,91)(H,81,90)/t42-,43-,50+,52-,53-,54-,55-,61-/m0/s1. The number of aromatic amines is 1. The van der Waals surface area contributed by atoms with Crippen LogP contribution in [0.3, 0.4) is 0 Å². The van der Waals surface area contributed by atoms with E-state index in [2.05, 4.69) is 106 Å². The Morgan fingerprint density at radius 3 is 1.89 bits per heavy atom. The van der Waals surface area contributed by atoms with Crippen molar-refractivity contribution in [1.29, 1.82) is 0 Å². The van der Waals surface area contributed by atoms with Gasteiger partial charge in [0.2, 0.25) is 65.0 Å². The Labute approximate surface area is 561 Å². The lowest BCUT2D eigenvalue weighted by Crippen LogP contribution is -2.59. The number of hydrogen-bond donors (Lipinski definition) is 11. The van der Waals surface area contributed by atoms with Crippen LogP contribution in [0.25, 0.3) is 10.9 Å². The predicted octanol–water partition coefficient (Wildman–Crippen LogP) is 3.42. The summed E-state index contributed by atoms with van der Waals surface area (Å²) in [5.41, 5.74) is 14.0. The maximum atomic E-state index is 14.4. The average molecular weight is 1330 g/mol. The number of amides is 11. The summed E-state index contributed by atoms with van der Waals surface area (Å²) in [5.74, 6) is -6.86. The fourth-order valence-electron chi connectivity index (χ4n) is 12.0. The zero-order valence-corrected chi connectivity index (χ0v) is 58.9. The molecule has 13 N–H and O–H groups in total. The number of imidazole rings is 1. The van der Waals surface area contributed by atoms with Crippen LogP contribution in [0.1, 0.15) is 164 Å². The van der Waals surface area contributed by atoms with Crippen LogP contribution >= 0.6 is 0 Å². The summed E-state index contributed by atoms with van der Waals surface area (Å²) in [6.45, 7) is 22.1. The average Bonchev–Trinajstić information content (AvgIpc) is 1.45. The molecule has 0 unspecified atom stereocenters. The molecular formula is C69H105N14O11Si. The lowest BCUT2D eigenvalue weighted by molar-refractivity contribution is -0.140. The molecule has 2 aromatic heterocycles. The molecule has 11 amide bonds. The highest BCUT2D eigenvalue weighted by Crippen LogP contribution is 2.41. The van der Waals surface area contributed by atoms with Crippen LogP contribution in [0.5, 0.6) is 0 Å². The molecule has 2 aromatic carbocycles. The van der Waals surface area contributed by atoms with Crippen molar-refractivity contribution in [2.24, 2.45) is 36.3 Å². The highest BCUT2D eigenvalue weighted by Gasteiger charge is 2.39. The number of aryl methyl sites for hydroxylation is 1. The van der Waals surface area contributed by atoms with E-state index < -0.39 is 117 Å². The van der Waals surface area contributed by atoms with Gasteiger partial charge in [0, 0.05) is 87.8 Å². The van der Waals surface area contributed by atoms with Crippen LogP contribution in [0.15, 0.2) is 67.3 Å². The van der Waals surface area contributed by atoms with Gasteiger partial charge in [-0.25, -0.2) is 4.98 Å². The Hall–Kier alpha value is -8.42. The minimum absolute atomic E-state index is 0.00454. The minimum atomic E-state index is -1.35. The largest absolute Gasteiger partial charge is 0.370 e. The smallest absolute Gasteiger partial charge is 0.245 e. The number of carbonyl (C=O) groups excluding carboxylic acids is 11. The number of aromatic nitrogens is 3. The van der Waals surface area contributed by atoms with Crippen LogP contribution in [0, 0.1) is 17.8 Å². The number of unbranched alkanes of at least 4 members (excludes halogenated alkanes) is 1. The van der Waals surface area contributed by atoms with Gasteiger partial charge in [-0.1, -0.05) is 136 Å². The fourth-order valence-corrected chi connectivity index (χ4v) is 16.5. The fraction of sp³-hybridized carbons (Fsp3) is 0.594. The number of carbonyl (C=O) groups is 11. The van der Waals surface area contributed by atoms with Gasteiger partial charge in [-0.2, -0.15) is 0 Å². The number of nitrogens with one attached hydrogen (secondary N) is 9. The number of fused-ring (bicyclic) bond motifs is 1. The lowest BCUT2D eigenvalue weighted by Gasteiger charge is -2.39. The van der Waals surface area contributed by atoms with Gasteiger partial charge in [-0.15, -0.1) is 0 Å². The summed E-state index contributed by atoms with van der Waals surface area (Å²) in [6, 6.07) is 8.04. The van der Waals surface area contributed by atoms with Crippen molar-refractivity contribution in [2.45, 2.75) is 218 Å². The van der Waals surface area contributed by atoms with Crippen molar-refractivity contribution in [2.75, 3.05) is 20.1 Å². The Kier molecular flexibility index (Phi) is 29.2. The Balaban J connectivity index is 1.20. The van der Waals surface area contributed by atoms with Crippen molar-refractivity contribution in [3.63, 3.8) is 0 Å². The molecule has 0 bridgehead atoms. The summed E-state index contributed by atoms with van der Waals surface area (Å²) >= 11 is 0. The van der Waals surface area contributed by atoms with Gasteiger partial charge in [0.05, 0.1) is 28.1 Å². The van der Waals surface area contributed by atoms with Crippen LogP contribution in [0.4, 0.5) is 0 Å². The van der Waals surface area contributed by atoms with Gasteiger partial charge in [0.15, 0.2) is 0 Å². The molecule has 8 atom stereocenters. The molecule has 4 aromatic rings. The molecular weight excluding hydrogens is 1230 g/mol. The van der Waals surface area contributed by atoms with E-state index in [9.17, 15) is 52.7 Å². The van der Waals surface area contributed by atoms with Crippen LogP contribution in [-0.4, -0.2) is 156 Å². The molecule has 1 aliphatic carbocycles. The molecule has 26 heteroatoms. The van der Waals surface area contributed by atoms with E-state index in [1.165, 1.54) is 19.2 Å². The zero-order chi connectivity index (χ0) is 70.5. The van der Waals surface area contributed by atoms with Gasteiger partial charge in [-0.05, 0) is 84.1 Å². The minimum Gasteiger partial charge on any atom is -0.370 e. The maximum Gasteiger partial charge on any atom is 0.245 e. The normalized spacial score (nSPS) is 15.0. The third-order valence-corrected chi connectivity index (χ3v) is 21.2. The first-order chi connectivity index (χ1) is 44.6. The molecule has 1 saturated carbocycles. The SMILES string of the molecule is CC[C@H](C)[C@@H](CCC(=O)N[C@@H](CC1CC1)C(N)=O)NC(=O)[C@H](Cc1cncn1C)NC(=O)CN(C)C(=O)[C@@H](NC(=O)[C@H](C)NC(=O)[C@H](Cc1c[nH]c2ccccc12)NC(=O)[C@H](CCC(N)=O)NC(=O)CCCCNC(=O)Cc1ccc([Si](C(C)(C)C)C(C)(C)C)cc1)C(C)C. The van der Waals surface area contributed by atoms with E-state index >= 15 is 0 Å². The van der Waals surface area contributed by atoms with E-state index in [0.717, 1.165) is 34.2 Å². The van der Waals surface area contributed by atoms with Crippen molar-refractivity contribution in [3.05, 3.63) is 84.1 Å². The van der Waals surface area contributed by atoms with Crippen molar-refractivity contribution in [3.8, 4) is 0 Å². The first kappa shape index (κ1) is 77.3. The van der Waals surface area contributed by atoms with Crippen LogP contribution in [0.2, 0.25) is 10.1 Å². The quantitative estimate of drug-likeness (QED) is 0.0227. The van der Waals surface area contributed by atoms with Crippen molar-refractivity contribution >= 4 is 89.9 Å². The predicted molar refractivity (Wildman–Crippen MR) is 366 cm³/mol. The van der Waals surface area contributed by atoms with E-state index in [4.69, 9.17) is 11.5 Å². The molecule has 1 radical (unpaired) electrons. The molecule has 0 aliphatic heterocycles. The first-order valence-corrected chi connectivity index (χ1v) is 34.8. The molecule has 5 rings (SSSR count). The van der Waals surface area contributed by atoms with Gasteiger partial charge in [-0.3, -0.25) is 52.7 Å². The molecule has 95 heavy (non-hydrogen) atoms. The van der Waals surface area contributed by atoms with E-state index in [1.807, 2.05) is 50.2 Å². The second-order valence-electron chi connectivity index (χ2n) is 28.0. The van der Waals surface area contributed by atoms with E-state index in [1.54, 1.807) is 44.2 Å². The van der Waals surface area contributed by atoms with E-state index in [0.29, 0.717) is 49.4 Å². The second-order valence-corrected chi connectivity index (χ2v) is 32.3. The summed E-state index contributed by atoms with van der Waals surface area (Å²) < 4.78 is 1.70. The molecule has 1 aliphatic rings. The number of para-hydroxylation sites is 1. The first-order valence-electron chi connectivity index (χ1n) is 33.3. The molecule has 521 valence electrons. The molecule has 0 spiro atoms.